The number of nitrogens with zero attached hydrogens (tertiary/aromatic N) is 1. The molecule has 0 aliphatic carbocycles. The Kier molecular flexibility index (Phi) is 6.69. The predicted octanol–water partition coefficient (Wildman–Crippen LogP) is 5.15. The first-order chi connectivity index (χ1) is 12.7. The Bertz CT molecular complexity index is 805. The number of rotatable bonds is 8. The number of ether oxygens (including phenoxy) is 1. The molecule has 0 bridgehead atoms. The molecule has 5 heteroatoms. The fraction of sp³-hybridized carbons (Fsp3) is 0.238. The summed E-state index contributed by atoms with van der Waals surface area (Å²) in [5, 5.41) is 13.5. The number of methoxy groups -OCH3 is 1. The van der Waals surface area contributed by atoms with E-state index < -0.39 is 6.10 Å². The quantitative estimate of drug-likeness (QED) is 0.580. The first kappa shape index (κ1) is 18.9. The van der Waals surface area contributed by atoms with Crippen LogP contribution in [0.3, 0.4) is 0 Å². The van der Waals surface area contributed by atoms with E-state index in [1.54, 1.807) is 18.4 Å². The molecule has 3 aromatic rings. The molecule has 0 amide bonds. The summed E-state index contributed by atoms with van der Waals surface area (Å²) < 4.78 is 5.19. The molecule has 1 unspecified atom stereocenters. The van der Waals surface area contributed by atoms with Gasteiger partial charge in [-0.1, -0.05) is 48.0 Å². The molecule has 3 nitrogen and oxygen atoms in total. The van der Waals surface area contributed by atoms with Crippen molar-refractivity contribution in [3.8, 4) is 5.75 Å². The number of benzene rings is 2. The Morgan fingerprint density at radius 3 is 2.46 bits per heavy atom. The lowest BCUT2D eigenvalue weighted by atomic mass is 10.1. The van der Waals surface area contributed by atoms with E-state index in [9.17, 15) is 5.11 Å². The molecular formula is C21H22ClNO2S. The number of hydrogen-bond acceptors (Lipinski definition) is 4. The molecule has 0 spiro atoms. The highest BCUT2D eigenvalue weighted by Gasteiger charge is 2.16. The van der Waals surface area contributed by atoms with Crippen molar-refractivity contribution in [2.24, 2.45) is 0 Å². The third-order valence-electron chi connectivity index (χ3n) is 4.24. The van der Waals surface area contributed by atoms with Crippen LogP contribution in [0.1, 0.15) is 22.1 Å². The van der Waals surface area contributed by atoms with Crippen molar-refractivity contribution in [2.45, 2.75) is 19.2 Å². The van der Waals surface area contributed by atoms with E-state index in [1.165, 1.54) is 4.88 Å². The largest absolute Gasteiger partial charge is 0.497 e. The second kappa shape index (κ2) is 9.19. The molecule has 0 radical (unpaired) electrons. The Morgan fingerprint density at radius 2 is 1.81 bits per heavy atom. The van der Waals surface area contributed by atoms with Gasteiger partial charge in [-0.2, -0.15) is 0 Å². The minimum absolute atomic E-state index is 0.523. The number of hydrogen-bond donors (Lipinski definition) is 1. The van der Waals surface area contributed by atoms with E-state index >= 15 is 0 Å². The molecule has 0 saturated heterocycles. The molecule has 3 rings (SSSR count). The summed E-state index contributed by atoms with van der Waals surface area (Å²) in [5.41, 5.74) is 1.94. The lowest BCUT2D eigenvalue weighted by Crippen LogP contribution is -2.28. The first-order valence-corrected chi connectivity index (χ1v) is 9.71. The maximum atomic E-state index is 10.7. The van der Waals surface area contributed by atoms with Crippen LogP contribution in [0, 0.1) is 0 Å². The molecule has 2 aromatic carbocycles. The van der Waals surface area contributed by atoms with Crippen LogP contribution in [0.25, 0.3) is 0 Å². The standard InChI is InChI=1S/C21H22ClNO2S/c1-25-18-10-8-16(9-11-18)21(24)15-23(14-19-6-4-12-26-19)13-17-5-2-3-7-20(17)22/h2-12,21,24H,13-15H2,1H3. The van der Waals surface area contributed by atoms with Gasteiger partial charge in [-0.3, -0.25) is 4.90 Å². The summed E-state index contributed by atoms with van der Waals surface area (Å²) >= 11 is 8.06. The SMILES string of the molecule is COc1ccc(C(O)CN(Cc2cccs2)Cc2ccccc2Cl)cc1. The average molecular weight is 388 g/mol. The molecule has 0 fully saturated rings. The normalized spacial score (nSPS) is 12.3. The van der Waals surface area contributed by atoms with Crippen LogP contribution < -0.4 is 4.74 Å². The third kappa shape index (κ3) is 5.08. The van der Waals surface area contributed by atoms with Gasteiger partial charge in [0, 0.05) is 29.5 Å². The van der Waals surface area contributed by atoms with E-state index in [-0.39, 0.29) is 0 Å². The van der Waals surface area contributed by atoms with Gasteiger partial charge in [0.25, 0.3) is 0 Å². The molecule has 26 heavy (non-hydrogen) atoms. The van der Waals surface area contributed by atoms with Crippen LogP contribution in [-0.4, -0.2) is 23.7 Å². The van der Waals surface area contributed by atoms with Gasteiger partial charge >= 0.3 is 0 Å². The van der Waals surface area contributed by atoms with Gasteiger partial charge in [-0.15, -0.1) is 11.3 Å². The van der Waals surface area contributed by atoms with E-state index in [0.717, 1.165) is 28.4 Å². The second-order valence-electron chi connectivity index (χ2n) is 6.13. The average Bonchev–Trinajstić information content (AvgIpc) is 3.16. The fourth-order valence-corrected chi connectivity index (χ4v) is 3.79. The number of aliphatic hydroxyl groups is 1. The van der Waals surface area contributed by atoms with Crippen molar-refractivity contribution in [2.75, 3.05) is 13.7 Å². The van der Waals surface area contributed by atoms with Crippen LogP contribution in [0.4, 0.5) is 0 Å². The Hall–Kier alpha value is -1.85. The molecule has 1 atom stereocenters. The maximum absolute atomic E-state index is 10.7. The summed E-state index contributed by atoms with van der Waals surface area (Å²) in [6.45, 7) is 1.98. The smallest absolute Gasteiger partial charge is 0.118 e. The molecule has 1 aromatic heterocycles. The van der Waals surface area contributed by atoms with Gasteiger partial charge in [0.05, 0.1) is 13.2 Å². The number of halogens is 1. The van der Waals surface area contributed by atoms with Gasteiger partial charge in [0.1, 0.15) is 5.75 Å². The van der Waals surface area contributed by atoms with Crippen molar-refractivity contribution in [3.63, 3.8) is 0 Å². The molecule has 0 aliphatic heterocycles. The van der Waals surface area contributed by atoms with Crippen molar-refractivity contribution < 1.29 is 9.84 Å². The summed E-state index contributed by atoms with van der Waals surface area (Å²) in [6.07, 6.45) is -0.580. The van der Waals surface area contributed by atoms with Gasteiger partial charge in [-0.25, -0.2) is 0 Å². The van der Waals surface area contributed by atoms with Crippen molar-refractivity contribution >= 4 is 22.9 Å². The zero-order valence-electron chi connectivity index (χ0n) is 14.6. The van der Waals surface area contributed by atoms with Crippen molar-refractivity contribution in [3.05, 3.63) is 87.1 Å². The highest BCUT2D eigenvalue weighted by molar-refractivity contribution is 7.09. The Balaban J connectivity index is 1.74. The molecule has 1 N–H and O–H groups in total. The van der Waals surface area contributed by atoms with E-state index in [2.05, 4.69) is 16.3 Å². The van der Waals surface area contributed by atoms with Gasteiger partial charge < -0.3 is 9.84 Å². The number of aliphatic hydroxyl groups excluding tert-OH is 1. The van der Waals surface area contributed by atoms with Crippen LogP contribution in [0.5, 0.6) is 5.75 Å². The molecule has 136 valence electrons. The summed E-state index contributed by atoms with van der Waals surface area (Å²) in [4.78, 5) is 3.49. The third-order valence-corrected chi connectivity index (χ3v) is 5.47. The monoisotopic (exact) mass is 387 g/mol. The first-order valence-electron chi connectivity index (χ1n) is 8.46. The zero-order chi connectivity index (χ0) is 18.4. The van der Waals surface area contributed by atoms with E-state index in [1.807, 2.05) is 54.6 Å². The maximum Gasteiger partial charge on any atom is 0.118 e. The molecule has 1 heterocycles. The lowest BCUT2D eigenvalue weighted by molar-refractivity contribution is 0.105. The summed E-state index contributed by atoms with van der Waals surface area (Å²) in [5.74, 6) is 0.785. The second-order valence-corrected chi connectivity index (χ2v) is 7.57. The topological polar surface area (TPSA) is 32.7 Å². The van der Waals surface area contributed by atoms with Crippen molar-refractivity contribution in [1.29, 1.82) is 0 Å². The van der Waals surface area contributed by atoms with Crippen molar-refractivity contribution in [1.82, 2.24) is 4.90 Å². The molecular weight excluding hydrogens is 366 g/mol. The Morgan fingerprint density at radius 1 is 1.04 bits per heavy atom. The van der Waals surface area contributed by atoms with Gasteiger partial charge in [0.2, 0.25) is 0 Å². The molecule has 0 saturated carbocycles. The minimum Gasteiger partial charge on any atom is -0.497 e. The molecule has 0 aliphatic rings. The van der Waals surface area contributed by atoms with E-state index in [0.29, 0.717) is 13.1 Å². The van der Waals surface area contributed by atoms with Crippen LogP contribution in [0.15, 0.2) is 66.0 Å². The highest BCUT2D eigenvalue weighted by atomic mass is 35.5. The zero-order valence-corrected chi connectivity index (χ0v) is 16.2. The Labute approximate surface area is 163 Å². The van der Waals surface area contributed by atoms with Crippen LogP contribution >= 0.6 is 22.9 Å². The summed E-state index contributed by atoms with van der Waals surface area (Å²) in [7, 11) is 1.64. The summed E-state index contributed by atoms with van der Waals surface area (Å²) in [6, 6.07) is 19.6. The highest BCUT2D eigenvalue weighted by Crippen LogP contribution is 2.23. The predicted molar refractivity (Wildman–Crippen MR) is 108 cm³/mol. The van der Waals surface area contributed by atoms with Gasteiger partial charge in [-0.05, 0) is 40.8 Å². The van der Waals surface area contributed by atoms with Crippen LogP contribution in [0.2, 0.25) is 5.02 Å². The number of thiophene rings is 1. The lowest BCUT2D eigenvalue weighted by Gasteiger charge is -2.25. The fourth-order valence-electron chi connectivity index (χ4n) is 2.85. The van der Waals surface area contributed by atoms with Gasteiger partial charge in [0.15, 0.2) is 0 Å². The van der Waals surface area contributed by atoms with Crippen LogP contribution in [-0.2, 0) is 13.1 Å². The minimum atomic E-state index is -0.580. The van der Waals surface area contributed by atoms with E-state index in [4.69, 9.17) is 16.3 Å².